The van der Waals surface area contributed by atoms with Crippen LogP contribution in [0.4, 0.5) is 4.39 Å². The molecule has 2 aromatic rings. The van der Waals surface area contributed by atoms with Crippen LogP contribution < -0.4 is 0 Å². The zero-order valence-corrected chi connectivity index (χ0v) is 22.4. The largest absolute Gasteiger partial charge is 0.505 e. The zero-order chi connectivity index (χ0) is 28.9. The van der Waals surface area contributed by atoms with Gasteiger partial charge in [-0.3, -0.25) is 19.2 Å². The molecule has 5 atom stereocenters. The number of rotatable bonds is 8. The molecule has 1 aliphatic rings. The Morgan fingerprint density at radius 3 is 2.08 bits per heavy atom. The van der Waals surface area contributed by atoms with Gasteiger partial charge in [0.05, 0.1) is 0 Å². The van der Waals surface area contributed by atoms with E-state index in [1.54, 1.807) is 18.2 Å². The first-order valence-corrected chi connectivity index (χ1v) is 12.3. The molecule has 0 bridgehead atoms. The molecular formula is C27H28ClFO10. The van der Waals surface area contributed by atoms with E-state index in [1.165, 1.54) is 25.1 Å². The number of aromatic hydroxyl groups is 1. The number of hydrogen-bond donors (Lipinski definition) is 1. The summed E-state index contributed by atoms with van der Waals surface area (Å²) in [6, 6.07) is 8.75. The molecule has 1 saturated heterocycles. The summed E-state index contributed by atoms with van der Waals surface area (Å²) in [5, 5.41) is 9.83. The van der Waals surface area contributed by atoms with Gasteiger partial charge in [0, 0.05) is 32.7 Å². The zero-order valence-electron chi connectivity index (χ0n) is 21.6. The predicted octanol–water partition coefficient (Wildman–Crippen LogP) is 3.57. The summed E-state index contributed by atoms with van der Waals surface area (Å²) in [7, 11) is 0. The summed E-state index contributed by atoms with van der Waals surface area (Å²) in [6.07, 6.45) is -5.89. The van der Waals surface area contributed by atoms with E-state index in [9.17, 15) is 28.7 Å². The minimum absolute atomic E-state index is 0.176. The van der Waals surface area contributed by atoms with Crippen LogP contribution >= 0.6 is 11.6 Å². The average Bonchev–Trinajstić information content (AvgIpc) is 2.83. The number of halogens is 2. The minimum atomic E-state index is -1.32. The van der Waals surface area contributed by atoms with Crippen molar-refractivity contribution in [3.63, 3.8) is 0 Å². The Morgan fingerprint density at radius 1 is 0.872 bits per heavy atom. The van der Waals surface area contributed by atoms with Gasteiger partial charge in [-0.25, -0.2) is 4.39 Å². The van der Waals surface area contributed by atoms with Crippen molar-refractivity contribution in [3.8, 4) is 5.75 Å². The Hall–Kier alpha value is -3.70. The second-order valence-corrected chi connectivity index (χ2v) is 9.34. The summed E-state index contributed by atoms with van der Waals surface area (Å²) in [6.45, 7) is 4.25. The van der Waals surface area contributed by atoms with Gasteiger partial charge >= 0.3 is 23.9 Å². The third-order valence-corrected chi connectivity index (χ3v) is 6.16. The molecule has 1 fully saturated rings. The summed E-state index contributed by atoms with van der Waals surface area (Å²) in [5.41, 5.74) is 1.50. The van der Waals surface area contributed by atoms with Gasteiger partial charge in [-0.2, -0.15) is 0 Å². The van der Waals surface area contributed by atoms with E-state index in [0.717, 1.165) is 20.8 Å². The Kier molecular flexibility index (Phi) is 9.87. The quantitative estimate of drug-likeness (QED) is 0.373. The topological polar surface area (TPSA) is 135 Å². The van der Waals surface area contributed by atoms with Crippen LogP contribution in [0.15, 0.2) is 36.4 Å². The van der Waals surface area contributed by atoms with Gasteiger partial charge in [-0.05, 0) is 41.3 Å². The number of phenols is 1. The highest BCUT2D eigenvalue weighted by molar-refractivity contribution is 6.31. The highest BCUT2D eigenvalue weighted by Gasteiger charge is 2.52. The SMILES string of the molecule is CC(=O)OC[C@H]1O[C@@H](c2ccc(Cl)c(Cc3ccc(O)c(F)c3)c2)[C@H](OC(C)=O)[C@@H](OC(C)=O)[C@@H]1OC(C)=O. The first-order chi connectivity index (χ1) is 18.3. The maximum Gasteiger partial charge on any atom is 0.303 e. The third-order valence-electron chi connectivity index (χ3n) is 5.80. The van der Waals surface area contributed by atoms with E-state index in [-0.39, 0.29) is 13.0 Å². The molecule has 10 nitrogen and oxygen atoms in total. The molecule has 0 saturated carbocycles. The van der Waals surface area contributed by atoms with Crippen LogP contribution in [0.1, 0.15) is 50.5 Å². The molecule has 1 aliphatic heterocycles. The van der Waals surface area contributed by atoms with Crippen molar-refractivity contribution in [2.45, 2.75) is 64.6 Å². The van der Waals surface area contributed by atoms with E-state index in [4.69, 9.17) is 35.3 Å². The Bertz CT molecular complexity index is 1250. The normalized spacial score (nSPS) is 22.5. The van der Waals surface area contributed by atoms with Crippen LogP contribution in [0.2, 0.25) is 5.02 Å². The Morgan fingerprint density at radius 2 is 1.49 bits per heavy atom. The Labute approximate surface area is 228 Å². The van der Waals surface area contributed by atoms with Crippen molar-refractivity contribution in [1.29, 1.82) is 0 Å². The van der Waals surface area contributed by atoms with Gasteiger partial charge < -0.3 is 28.8 Å². The lowest BCUT2D eigenvalue weighted by molar-refractivity contribution is -0.254. The number of hydrogen-bond acceptors (Lipinski definition) is 10. The van der Waals surface area contributed by atoms with E-state index in [2.05, 4.69) is 0 Å². The van der Waals surface area contributed by atoms with Crippen LogP contribution in [0.5, 0.6) is 5.75 Å². The lowest BCUT2D eigenvalue weighted by atomic mass is 9.89. The van der Waals surface area contributed by atoms with Crippen LogP contribution in [-0.4, -0.2) is 60.0 Å². The van der Waals surface area contributed by atoms with Gasteiger partial charge in [-0.1, -0.05) is 29.8 Å². The lowest BCUT2D eigenvalue weighted by Gasteiger charge is -2.44. The van der Waals surface area contributed by atoms with Crippen molar-refractivity contribution < 1.29 is 52.4 Å². The fourth-order valence-corrected chi connectivity index (χ4v) is 4.47. The molecule has 0 aliphatic carbocycles. The average molecular weight is 567 g/mol. The second kappa shape index (κ2) is 12.9. The number of esters is 4. The summed E-state index contributed by atoms with van der Waals surface area (Å²) < 4.78 is 41.6. The van der Waals surface area contributed by atoms with Gasteiger partial charge in [0.1, 0.15) is 18.8 Å². The molecule has 1 N–H and O–H groups in total. The summed E-state index contributed by atoms with van der Waals surface area (Å²) in [5.74, 6) is -4.11. The fraction of sp³-hybridized carbons (Fsp3) is 0.407. The van der Waals surface area contributed by atoms with E-state index in [1.807, 2.05) is 0 Å². The van der Waals surface area contributed by atoms with E-state index < -0.39 is 66.0 Å². The Balaban J connectivity index is 2.07. The third kappa shape index (κ3) is 7.90. The number of phenolic OH excluding ortho intramolecular Hbond substituents is 1. The van der Waals surface area contributed by atoms with E-state index >= 15 is 0 Å². The smallest absolute Gasteiger partial charge is 0.303 e. The molecule has 2 aromatic carbocycles. The molecule has 0 spiro atoms. The number of ether oxygens (including phenoxy) is 5. The van der Waals surface area contributed by atoms with Crippen LogP contribution in [0.25, 0.3) is 0 Å². The molecule has 0 radical (unpaired) electrons. The molecule has 0 unspecified atom stereocenters. The van der Waals surface area contributed by atoms with Crippen molar-refractivity contribution in [2.24, 2.45) is 0 Å². The van der Waals surface area contributed by atoms with Crippen LogP contribution in [0, 0.1) is 5.82 Å². The first kappa shape index (κ1) is 29.9. The maximum atomic E-state index is 13.9. The molecule has 0 aromatic heterocycles. The highest BCUT2D eigenvalue weighted by Crippen LogP contribution is 2.39. The van der Waals surface area contributed by atoms with Crippen LogP contribution in [0.3, 0.4) is 0 Å². The molecule has 0 amide bonds. The van der Waals surface area contributed by atoms with Crippen LogP contribution in [-0.2, 0) is 49.3 Å². The summed E-state index contributed by atoms with van der Waals surface area (Å²) in [4.78, 5) is 47.6. The number of carbonyl (C=O) groups is 4. The van der Waals surface area contributed by atoms with Gasteiger partial charge in [-0.15, -0.1) is 0 Å². The highest BCUT2D eigenvalue weighted by atomic mass is 35.5. The second-order valence-electron chi connectivity index (χ2n) is 8.93. The van der Waals surface area contributed by atoms with Gasteiger partial charge in [0.2, 0.25) is 0 Å². The van der Waals surface area contributed by atoms with Crippen molar-refractivity contribution in [1.82, 2.24) is 0 Å². The molecule has 39 heavy (non-hydrogen) atoms. The van der Waals surface area contributed by atoms with Gasteiger partial charge in [0.15, 0.2) is 29.9 Å². The number of carbonyl (C=O) groups excluding carboxylic acids is 4. The van der Waals surface area contributed by atoms with E-state index in [0.29, 0.717) is 21.7 Å². The molecule has 210 valence electrons. The van der Waals surface area contributed by atoms with Crippen molar-refractivity contribution in [2.75, 3.05) is 6.61 Å². The first-order valence-electron chi connectivity index (χ1n) is 11.9. The van der Waals surface area contributed by atoms with Crippen molar-refractivity contribution in [3.05, 3.63) is 63.9 Å². The fourth-order valence-electron chi connectivity index (χ4n) is 4.28. The van der Waals surface area contributed by atoms with Crippen molar-refractivity contribution >= 4 is 35.5 Å². The standard InChI is InChI=1S/C27H28ClFO10/c1-13(30)35-12-23-25(36-14(2)31)27(38-16(4)33)26(37-15(3)32)24(39-23)18-6-7-20(28)19(11-18)9-17-5-8-22(34)21(29)10-17/h5-8,10-11,23-27,34H,9,12H2,1-4H3/t23-,24+,25-,26+,27+/m1/s1. The maximum absolute atomic E-state index is 13.9. The minimum Gasteiger partial charge on any atom is -0.505 e. The predicted molar refractivity (Wildman–Crippen MR) is 133 cm³/mol. The van der Waals surface area contributed by atoms with Gasteiger partial charge in [0.25, 0.3) is 0 Å². The molecule has 1 heterocycles. The summed E-state index contributed by atoms with van der Waals surface area (Å²) >= 11 is 6.41. The number of benzene rings is 2. The monoisotopic (exact) mass is 566 g/mol. The molecule has 3 rings (SSSR count). The molecule has 12 heteroatoms. The molecular weight excluding hydrogens is 539 g/mol. The lowest BCUT2D eigenvalue weighted by Crippen LogP contribution is -2.59.